The number of hydrogen-bond donors (Lipinski definition) is 1. The van der Waals surface area contributed by atoms with E-state index in [4.69, 9.17) is 0 Å². The molecule has 1 atom stereocenters. The van der Waals surface area contributed by atoms with Crippen LogP contribution >= 0.6 is 11.3 Å². The van der Waals surface area contributed by atoms with Gasteiger partial charge in [-0.3, -0.25) is 4.68 Å². The smallest absolute Gasteiger partial charge is 0.157 e. The first-order valence-electron chi connectivity index (χ1n) is 7.23. The van der Waals surface area contributed by atoms with Crippen molar-refractivity contribution in [3.8, 4) is 0 Å². The Bertz CT molecular complexity index is 772. The largest absolute Gasteiger partial charge is 0.376 e. The van der Waals surface area contributed by atoms with E-state index in [2.05, 4.69) is 47.4 Å². The molecule has 3 heterocycles. The van der Waals surface area contributed by atoms with Crippen molar-refractivity contribution in [3.05, 3.63) is 39.8 Å². The van der Waals surface area contributed by atoms with Gasteiger partial charge in [0.05, 0.1) is 23.6 Å². The van der Waals surface area contributed by atoms with E-state index in [1.165, 1.54) is 9.75 Å². The van der Waals surface area contributed by atoms with Gasteiger partial charge in [0.25, 0.3) is 0 Å². The van der Waals surface area contributed by atoms with Gasteiger partial charge in [-0.25, -0.2) is 4.98 Å². The zero-order valence-corrected chi connectivity index (χ0v) is 13.7. The number of nitrogens with one attached hydrogen (secondary N) is 1. The van der Waals surface area contributed by atoms with Gasteiger partial charge < -0.3 is 5.32 Å². The first-order chi connectivity index (χ1) is 10.1. The molecule has 3 aromatic heterocycles. The van der Waals surface area contributed by atoms with Crippen LogP contribution in [0.4, 0.5) is 5.69 Å². The van der Waals surface area contributed by atoms with E-state index in [-0.39, 0.29) is 6.04 Å². The number of hydrogen-bond acceptors (Lipinski definition) is 4. The van der Waals surface area contributed by atoms with E-state index in [0.717, 1.165) is 28.8 Å². The van der Waals surface area contributed by atoms with Crippen molar-refractivity contribution in [3.63, 3.8) is 0 Å². The second-order valence-corrected chi connectivity index (χ2v) is 6.53. The van der Waals surface area contributed by atoms with Gasteiger partial charge in [0.15, 0.2) is 5.65 Å². The van der Waals surface area contributed by atoms with Crippen molar-refractivity contribution in [2.45, 2.75) is 33.2 Å². The molecule has 110 valence electrons. The summed E-state index contributed by atoms with van der Waals surface area (Å²) in [5, 5.41) is 9.05. The predicted octanol–water partition coefficient (Wildman–Crippen LogP) is 4.07. The Morgan fingerprint density at radius 2 is 2.19 bits per heavy atom. The van der Waals surface area contributed by atoms with Crippen LogP contribution in [0.2, 0.25) is 0 Å². The lowest BCUT2D eigenvalue weighted by molar-refractivity contribution is 0.774. The number of aryl methyl sites for hydroxylation is 3. The molecule has 0 aliphatic carbocycles. The van der Waals surface area contributed by atoms with Crippen LogP contribution in [-0.2, 0) is 13.5 Å². The molecule has 0 spiro atoms. The monoisotopic (exact) mass is 300 g/mol. The molecule has 21 heavy (non-hydrogen) atoms. The van der Waals surface area contributed by atoms with E-state index in [1.54, 1.807) is 0 Å². The van der Waals surface area contributed by atoms with E-state index in [1.807, 2.05) is 36.2 Å². The summed E-state index contributed by atoms with van der Waals surface area (Å²) >= 11 is 1.87. The van der Waals surface area contributed by atoms with Gasteiger partial charge in [-0.05, 0) is 38.5 Å². The van der Waals surface area contributed by atoms with Gasteiger partial charge in [0, 0.05) is 22.2 Å². The second-order valence-electron chi connectivity index (χ2n) is 5.33. The van der Waals surface area contributed by atoms with Crippen LogP contribution in [0, 0.1) is 6.92 Å². The summed E-state index contributed by atoms with van der Waals surface area (Å²) in [7, 11) is 1.93. The van der Waals surface area contributed by atoms with Gasteiger partial charge in [0.2, 0.25) is 0 Å². The normalized spacial score (nSPS) is 12.8. The lowest BCUT2D eigenvalue weighted by Gasteiger charge is -2.13. The van der Waals surface area contributed by atoms with Crippen molar-refractivity contribution in [2.75, 3.05) is 5.32 Å². The van der Waals surface area contributed by atoms with E-state index in [9.17, 15) is 0 Å². The molecule has 4 nitrogen and oxygen atoms in total. The summed E-state index contributed by atoms with van der Waals surface area (Å²) in [5.41, 5.74) is 2.98. The molecule has 0 radical (unpaired) electrons. The highest BCUT2D eigenvalue weighted by molar-refractivity contribution is 7.12. The highest BCUT2D eigenvalue weighted by Crippen LogP contribution is 2.27. The molecule has 1 unspecified atom stereocenters. The zero-order chi connectivity index (χ0) is 15.0. The maximum absolute atomic E-state index is 4.51. The number of aromatic nitrogens is 3. The highest BCUT2D eigenvalue weighted by atomic mass is 32.1. The van der Waals surface area contributed by atoms with E-state index < -0.39 is 0 Å². The fourth-order valence-corrected chi connectivity index (χ4v) is 3.48. The Labute approximate surface area is 128 Å². The number of anilines is 1. The van der Waals surface area contributed by atoms with Crippen LogP contribution in [0.25, 0.3) is 11.0 Å². The molecule has 1 N–H and O–H groups in total. The van der Waals surface area contributed by atoms with Crippen LogP contribution in [-0.4, -0.2) is 14.8 Å². The second kappa shape index (κ2) is 5.48. The Morgan fingerprint density at radius 1 is 1.38 bits per heavy atom. The summed E-state index contributed by atoms with van der Waals surface area (Å²) in [4.78, 5) is 7.29. The van der Waals surface area contributed by atoms with Crippen LogP contribution in [0.5, 0.6) is 0 Å². The quantitative estimate of drug-likeness (QED) is 0.789. The van der Waals surface area contributed by atoms with Crippen LogP contribution in [0.1, 0.15) is 35.3 Å². The minimum Gasteiger partial charge on any atom is -0.376 e. The topological polar surface area (TPSA) is 42.7 Å². The van der Waals surface area contributed by atoms with E-state index >= 15 is 0 Å². The van der Waals surface area contributed by atoms with Gasteiger partial charge in [-0.15, -0.1) is 11.3 Å². The zero-order valence-electron chi connectivity index (χ0n) is 12.8. The minimum absolute atomic E-state index is 0.284. The summed E-state index contributed by atoms with van der Waals surface area (Å²) in [6.07, 6.45) is 2.98. The third kappa shape index (κ3) is 2.65. The Morgan fingerprint density at radius 3 is 2.90 bits per heavy atom. The van der Waals surface area contributed by atoms with Crippen LogP contribution < -0.4 is 5.32 Å². The third-order valence-electron chi connectivity index (χ3n) is 3.70. The van der Waals surface area contributed by atoms with E-state index in [0.29, 0.717) is 0 Å². The molecule has 3 rings (SSSR count). The molecule has 0 saturated carbocycles. The Hall–Kier alpha value is -1.88. The number of nitrogens with zero attached hydrogens (tertiary/aromatic N) is 3. The Balaban J connectivity index is 1.85. The van der Waals surface area contributed by atoms with Crippen molar-refractivity contribution in [1.29, 1.82) is 0 Å². The number of thiophene rings is 1. The van der Waals surface area contributed by atoms with Crippen molar-refractivity contribution >= 4 is 28.1 Å². The predicted molar refractivity (Wildman–Crippen MR) is 89.0 cm³/mol. The molecular weight excluding hydrogens is 280 g/mol. The lowest BCUT2D eigenvalue weighted by atomic mass is 10.2. The number of pyridine rings is 1. The molecule has 0 amide bonds. The van der Waals surface area contributed by atoms with Crippen molar-refractivity contribution in [2.24, 2.45) is 7.05 Å². The summed E-state index contributed by atoms with van der Waals surface area (Å²) in [5.74, 6) is 0. The summed E-state index contributed by atoms with van der Waals surface area (Å²) in [6, 6.07) is 6.84. The molecule has 0 fully saturated rings. The molecule has 3 aromatic rings. The molecule has 5 heteroatoms. The minimum atomic E-state index is 0.284. The maximum atomic E-state index is 4.51. The third-order valence-corrected chi connectivity index (χ3v) is 5.12. The highest BCUT2D eigenvalue weighted by Gasteiger charge is 2.11. The summed E-state index contributed by atoms with van der Waals surface area (Å²) in [6.45, 7) is 6.40. The average Bonchev–Trinajstić information content (AvgIpc) is 3.05. The van der Waals surface area contributed by atoms with Gasteiger partial charge in [0.1, 0.15) is 0 Å². The Kier molecular flexibility index (Phi) is 3.68. The van der Waals surface area contributed by atoms with Gasteiger partial charge in [-0.2, -0.15) is 5.10 Å². The summed E-state index contributed by atoms with van der Waals surface area (Å²) < 4.78 is 1.82. The van der Waals surface area contributed by atoms with Crippen molar-refractivity contribution < 1.29 is 0 Å². The average molecular weight is 300 g/mol. The fraction of sp³-hybridized carbons (Fsp3) is 0.375. The van der Waals surface area contributed by atoms with Gasteiger partial charge >= 0.3 is 0 Å². The molecule has 0 bridgehead atoms. The maximum Gasteiger partial charge on any atom is 0.157 e. The van der Waals surface area contributed by atoms with Crippen molar-refractivity contribution in [1.82, 2.24) is 14.8 Å². The number of fused-ring (bicyclic) bond motifs is 1. The number of rotatable bonds is 4. The van der Waals surface area contributed by atoms with Crippen LogP contribution in [0.3, 0.4) is 0 Å². The molecule has 0 aliphatic rings. The molecule has 0 aliphatic heterocycles. The standard InChI is InChI=1S/C16H20N4S/c1-5-13-6-7-15(21-13)11(3)18-12-8-14-10(2)19-20(4)16(14)17-9-12/h6-9,11,18H,5H2,1-4H3. The lowest BCUT2D eigenvalue weighted by Crippen LogP contribution is -2.05. The first kappa shape index (κ1) is 14.1. The van der Waals surface area contributed by atoms with Gasteiger partial charge in [-0.1, -0.05) is 6.92 Å². The molecular formula is C16H20N4S. The fourth-order valence-electron chi connectivity index (χ4n) is 2.53. The van der Waals surface area contributed by atoms with Crippen LogP contribution in [0.15, 0.2) is 24.4 Å². The SMILES string of the molecule is CCc1ccc(C(C)Nc2cnc3c(c2)c(C)nn3C)s1. The molecule has 0 aromatic carbocycles. The first-order valence-corrected chi connectivity index (χ1v) is 8.04. The molecule has 0 saturated heterocycles.